The van der Waals surface area contributed by atoms with Gasteiger partial charge in [-0.05, 0) is 30.2 Å². The summed E-state index contributed by atoms with van der Waals surface area (Å²) in [5, 5.41) is 6.24. The van der Waals surface area contributed by atoms with E-state index < -0.39 is 9.84 Å². The second-order valence-corrected chi connectivity index (χ2v) is 10.6. The van der Waals surface area contributed by atoms with E-state index in [1.807, 2.05) is 6.07 Å². The largest absolute Gasteiger partial charge is 0.380 e. The van der Waals surface area contributed by atoms with Crippen molar-refractivity contribution in [2.24, 2.45) is 0 Å². The van der Waals surface area contributed by atoms with Gasteiger partial charge >= 0.3 is 0 Å². The summed E-state index contributed by atoms with van der Waals surface area (Å²) in [7, 11) is -3.47. The summed E-state index contributed by atoms with van der Waals surface area (Å²) in [5.74, 6) is -0.106. The molecule has 0 aliphatic carbocycles. The maximum Gasteiger partial charge on any atom is 0.184 e. The van der Waals surface area contributed by atoms with E-state index in [4.69, 9.17) is 11.6 Å². The summed E-state index contributed by atoms with van der Waals surface area (Å²) < 4.78 is 25.2. The predicted molar refractivity (Wildman–Crippen MR) is 118 cm³/mol. The number of halogens is 1. The van der Waals surface area contributed by atoms with Crippen LogP contribution in [0.1, 0.15) is 17.0 Å². The van der Waals surface area contributed by atoms with Crippen LogP contribution in [0.25, 0.3) is 0 Å². The molecular weight excluding hydrogens is 426 g/mol. The van der Waals surface area contributed by atoms with Crippen LogP contribution in [-0.2, 0) is 22.1 Å². The van der Waals surface area contributed by atoms with Crippen LogP contribution < -0.4 is 5.32 Å². The molecule has 0 bridgehead atoms. The number of sulfone groups is 1. The van der Waals surface area contributed by atoms with Gasteiger partial charge in [0.25, 0.3) is 0 Å². The van der Waals surface area contributed by atoms with E-state index in [0.717, 1.165) is 31.7 Å². The van der Waals surface area contributed by atoms with Crippen LogP contribution in [0.4, 0.5) is 5.69 Å². The second kappa shape index (κ2) is 8.83. The van der Waals surface area contributed by atoms with Crippen molar-refractivity contribution >= 4 is 38.5 Å². The minimum atomic E-state index is -3.47. The Morgan fingerprint density at radius 2 is 2.03 bits per heavy atom. The first kappa shape index (κ1) is 20.3. The third-order valence-corrected chi connectivity index (χ3v) is 7.88. The van der Waals surface area contributed by atoms with Gasteiger partial charge in [0.2, 0.25) is 0 Å². The fourth-order valence-corrected chi connectivity index (χ4v) is 6.11. The number of likely N-dealkylation sites (tertiary alicyclic amines) is 1. The summed E-state index contributed by atoms with van der Waals surface area (Å²) in [6, 6.07) is 15.6. The van der Waals surface area contributed by atoms with Gasteiger partial charge in [-0.3, -0.25) is 4.90 Å². The SMILES string of the molecule is O=S(=O)(Cc1nccs1)c1ccc(N[C@@H]2CCN(Cc3ccccc3)C2)c(Cl)c1. The van der Waals surface area contributed by atoms with E-state index in [1.54, 1.807) is 23.7 Å². The van der Waals surface area contributed by atoms with Crippen molar-refractivity contribution in [3.05, 3.63) is 75.7 Å². The quantitative estimate of drug-likeness (QED) is 0.579. The number of nitrogens with zero attached hydrogens (tertiary/aromatic N) is 2. The molecule has 5 nitrogen and oxygen atoms in total. The molecule has 0 unspecified atom stereocenters. The molecule has 0 saturated carbocycles. The number of rotatable bonds is 7. The number of nitrogens with one attached hydrogen (secondary N) is 1. The topological polar surface area (TPSA) is 62.3 Å². The highest BCUT2D eigenvalue weighted by molar-refractivity contribution is 7.90. The predicted octanol–water partition coefficient (Wildman–Crippen LogP) is 4.46. The first-order chi connectivity index (χ1) is 14.0. The molecule has 1 fully saturated rings. The fraction of sp³-hybridized carbons (Fsp3) is 0.286. The lowest BCUT2D eigenvalue weighted by atomic mass is 10.2. The Hall–Kier alpha value is -1.93. The van der Waals surface area contributed by atoms with Gasteiger partial charge < -0.3 is 5.32 Å². The minimum Gasteiger partial charge on any atom is -0.380 e. The monoisotopic (exact) mass is 447 g/mol. The number of anilines is 1. The standard InChI is InChI=1S/C21H22ClN3O2S2/c22-19-12-18(29(26,27)15-21-23-9-11-28-21)6-7-20(19)24-17-8-10-25(14-17)13-16-4-2-1-3-5-16/h1-7,9,11-12,17,24H,8,10,13-15H2/t17-/m1/s1. The maximum absolute atomic E-state index is 12.6. The zero-order chi connectivity index (χ0) is 20.3. The molecule has 4 rings (SSSR count). The zero-order valence-electron chi connectivity index (χ0n) is 15.8. The Morgan fingerprint density at radius 3 is 2.76 bits per heavy atom. The number of benzene rings is 2. The van der Waals surface area contributed by atoms with E-state index in [2.05, 4.69) is 39.5 Å². The highest BCUT2D eigenvalue weighted by Gasteiger charge is 2.24. The highest BCUT2D eigenvalue weighted by Crippen LogP contribution is 2.29. The van der Waals surface area contributed by atoms with Crippen LogP contribution >= 0.6 is 22.9 Å². The summed E-state index contributed by atoms with van der Waals surface area (Å²) >= 11 is 7.74. The molecule has 1 aliphatic rings. The molecule has 1 aliphatic heterocycles. The Kier molecular flexibility index (Phi) is 6.20. The van der Waals surface area contributed by atoms with Crippen LogP contribution in [0, 0.1) is 0 Å². The van der Waals surface area contributed by atoms with Crippen LogP contribution in [0.15, 0.2) is 65.0 Å². The molecule has 152 valence electrons. The second-order valence-electron chi connectivity index (χ2n) is 7.18. The average molecular weight is 448 g/mol. The summed E-state index contributed by atoms with van der Waals surface area (Å²) in [6.45, 7) is 2.88. The van der Waals surface area contributed by atoms with Gasteiger partial charge in [-0.2, -0.15) is 0 Å². The summed E-state index contributed by atoms with van der Waals surface area (Å²) in [5.41, 5.74) is 2.08. The molecule has 0 spiro atoms. The number of thiazole rings is 1. The van der Waals surface area contributed by atoms with Gasteiger partial charge in [0, 0.05) is 37.3 Å². The minimum absolute atomic E-state index is 0.106. The van der Waals surface area contributed by atoms with Crippen molar-refractivity contribution in [1.29, 1.82) is 0 Å². The molecule has 2 heterocycles. The number of hydrogen-bond donors (Lipinski definition) is 1. The lowest BCUT2D eigenvalue weighted by Gasteiger charge is -2.18. The normalized spacial score (nSPS) is 17.5. The van der Waals surface area contributed by atoms with Crippen molar-refractivity contribution in [1.82, 2.24) is 9.88 Å². The zero-order valence-corrected chi connectivity index (χ0v) is 18.2. The van der Waals surface area contributed by atoms with E-state index in [9.17, 15) is 8.42 Å². The van der Waals surface area contributed by atoms with Crippen molar-refractivity contribution in [3.63, 3.8) is 0 Å². The molecule has 29 heavy (non-hydrogen) atoms. The molecule has 1 saturated heterocycles. The van der Waals surface area contributed by atoms with Crippen molar-refractivity contribution < 1.29 is 8.42 Å². The molecule has 1 aromatic heterocycles. The highest BCUT2D eigenvalue weighted by atomic mass is 35.5. The van der Waals surface area contributed by atoms with Gasteiger partial charge in [-0.15, -0.1) is 11.3 Å². The van der Waals surface area contributed by atoms with Crippen LogP contribution in [0.2, 0.25) is 5.02 Å². The van der Waals surface area contributed by atoms with Crippen LogP contribution in [0.3, 0.4) is 0 Å². The van der Waals surface area contributed by atoms with E-state index >= 15 is 0 Å². The van der Waals surface area contributed by atoms with Crippen molar-refractivity contribution in [2.45, 2.75) is 29.7 Å². The van der Waals surface area contributed by atoms with Crippen LogP contribution in [-0.4, -0.2) is 37.4 Å². The van der Waals surface area contributed by atoms with Crippen molar-refractivity contribution in [3.8, 4) is 0 Å². The molecular formula is C21H22ClN3O2S2. The third-order valence-electron chi connectivity index (χ3n) is 4.98. The number of hydrogen-bond acceptors (Lipinski definition) is 6. The molecule has 8 heteroatoms. The van der Waals surface area contributed by atoms with Crippen molar-refractivity contribution in [2.75, 3.05) is 18.4 Å². The van der Waals surface area contributed by atoms with Crippen LogP contribution in [0.5, 0.6) is 0 Å². The number of aromatic nitrogens is 1. The van der Waals surface area contributed by atoms with Gasteiger partial charge in [-0.1, -0.05) is 41.9 Å². The summed E-state index contributed by atoms with van der Waals surface area (Å²) in [4.78, 5) is 6.69. The molecule has 1 atom stereocenters. The first-order valence-electron chi connectivity index (χ1n) is 9.43. The fourth-order valence-electron chi connectivity index (χ4n) is 3.53. The average Bonchev–Trinajstić information content (AvgIpc) is 3.36. The first-order valence-corrected chi connectivity index (χ1v) is 12.3. The Bertz CT molecular complexity index is 1060. The molecule has 2 aromatic carbocycles. The Morgan fingerprint density at radius 1 is 1.21 bits per heavy atom. The third kappa shape index (κ3) is 5.17. The maximum atomic E-state index is 12.6. The summed E-state index contributed by atoms with van der Waals surface area (Å²) in [6.07, 6.45) is 2.63. The van der Waals surface area contributed by atoms with Gasteiger partial charge in [0.1, 0.15) is 10.8 Å². The van der Waals surface area contributed by atoms with E-state index in [1.165, 1.54) is 23.0 Å². The molecule has 0 radical (unpaired) electrons. The van der Waals surface area contributed by atoms with E-state index in [-0.39, 0.29) is 16.7 Å². The molecule has 3 aromatic rings. The smallest absolute Gasteiger partial charge is 0.184 e. The lowest BCUT2D eigenvalue weighted by Crippen LogP contribution is -2.26. The molecule has 0 amide bonds. The van der Waals surface area contributed by atoms with Gasteiger partial charge in [0.15, 0.2) is 9.84 Å². The Balaban J connectivity index is 1.39. The molecule has 1 N–H and O–H groups in total. The Labute approximate surface area is 180 Å². The van der Waals surface area contributed by atoms with Gasteiger partial charge in [0.05, 0.1) is 15.6 Å². The van der Waals surface area contributed by atoms with E-state index in [0.29, 0.717) is 10.0 Å². The van der Waals surface area contributed by atoms with Gasteiger partial charge in [-0.25, -0.2) is 13.4 Å². The lowest BCUT2D eigenvalue weighted by molar-refractivity contribution is 0.328.